The molecule has 0 spiro atoms. The molecule has 1 aliphatic rings. The van der Waals surface area contributed by atoms with Gasteiger partial charge in [0.25, 0.3) is 0 Å². The molecule has 2 atom stereocenters. The minimum atomic E-state index is 0.347. The SMILES string of the molecule is CC(=O)CC1C[C@@H]1C. The first-order valence-corrected chi connectivity index (χ1v) is 3.19. The van der Waals surface area contributed by atoms with E-state index in [9.17, 15) is 4.79 Å². The molecule has 1 aliphatic carbocycles. The van der Waals surface area contributed by atoms with E-state index >= 15 is 0 Å². The Balaban J connectivity index is 2.14. The summed E-state index contributed by atoms with van der Waals surface area (Å²) in [7, 11) is 0. The third-order valence-electron chi connectivity index (χ3n) is 1.83. The molecule has 1 heteroatoms. The van der Waals surface area contributed by atoms with Crippen molar-refractivity contribution in [3.05, 3.63) is 0 Å². The van der Waals surface area contributed by atoms with E-state index in [0.717, 1.165) is 18.3 Å². The fourth-order valence-corrected chi connectivity index (χ4v) is 1.05. The highest BCUT2D eigenvalue weighted by atomic mass is 16.1. The average molecular weight is 112 g/mol. The van der Waals surface area contributed by atoms with Crippen molar-refractivity contribution in [2.45, 2.75) is 26.7 Å². The van der Waals surface area contributed by atoms with E-state index in [1.54, 1.807) is 6.92 Å². The Labute approximate surface area is 50.1 Å². The van der Waals surface area contributed by atoms with Crippen molar-refractivity contribution in [1.82, 2.24) is 0 Å². The van der Waals surface area contributed by atoms with Crippen LogP contribution in [0, 0.1) is 11.8 Å². The van der Waals surface area contributed by atoms with Gasteiger partial charge in [0, 0.05) is 6.42 Å². The van der Waals surface area contributed by atoms with Gasteiger partial charge in [-0.3, -0.25) is 0 Å². The Morgan fingerprint density at radius 2 is 2.25 bits per heavy atom. The fraction of sp³-hybridized carbons (Fsp3) is 0.857. The van der Waals surface area contributed by atoms with Gasteiger partial charge >= 0.3 is 0 Å². The van der Waals surface area contributed by atoms with E-state index in [1.807, 2.05) is 0 Å². The Morgan fingerprint density at radius 1 is 1.75 bits per heavy atom. The molecule has 0 N–H and O–H groups in total. The van der Waals surface area contributed by atoms with Crippen LogP contribution < -0.4 is 0 Å². The standard InChI is InChI=1S/C7H12O/c1-5-3-7(5)4-6(2)8/h5,7H,3-4H2,1-2H3/t5-,7?/m0/s1. The number of ketones is 1. The first-order valence-electron chi connectivity index (χ1n) is 3.19. The maximum absolute atomic E-state index is 10.4. The zero-order valence-electron chi connectivity index (χ0n) is 5.48. The summed E-state index contributed by atoms with van der Waals surface area (Å²) >= 11 is 0. The lowest BCUT2D eigenvalue weighted by Gasteiger charge is -1.86. The normalized spacial score (nSPS) is 34.8. The molecule has 8 heavy (non-hydrogen) atoms. The van der Waals surface area contributed by atoms with Crippen molar-refractivity contribution in [2.24, 2.45) is 11.8 Å². The number of Topliss-reactive ketones (excluding diaryl/α,β-unsaturated/α-hetero) is 1. The van der Waals surface area contributed by atoms with Gasteiger partial charge in [0.2, 0.25) is 0 Å². The third kappa shape index (κ3) is 1.32. The fourth-order valence-electron chi connectivity index (χ4n) is 1.05. The summed E-state index contributed by atoms with van der Waals surface area (Å²) in [6.07, 6.45) is 2.10. The lowest BCUT2D eigenvalue weighted by atomic mass is 10.2. The molecule has 1 nitrogen and oxygen atoms in total. The third-order valence-corrected chi connectivity index (χ3v) is 1.83. The van der Waals surface area contributed by atoms with Gasteiger partial charge in [0.1, 0.15) is 5.78 Å². The van der Waals surface area contributed by atoms with Gasteiger partial charge in [0.05, 0.1) is 0 Å². The Hall–Kier alpha value is -0.330. The highest BCUT2D eigenvalue weighted by molar-refractivity contribution is 5.76. The largest absolute Gasteiger partial charge is 0.300 e. The van der Waals surface area contributed by atoms with Gasteiger partial charge in [-0.1, -0.05) is 6.92 Å². The molecular weight excluding hydrogens is 100 g/mol. The quantitative estimate of drug-likeness (QED) is 0.530. The van der Waals surface area contributed by atoms with Crippen LogP contribution in [0.1, 0.15) is 26.7 Å². The van der Waals surface area contributed by atoms with E-state index in [4.69, 9.17) is 0 Å². The Morgan fingerprint density at radius 3 is 2.38 bits per heavy atom. The summed E-state index contributed by atoms with van der Waals surface area (Å²) in [5.41, 5.74) is 0. The summed E-state index contributed by atoms with van der Waals surface area (Å²) in [5.74, 6) is 1.92. The van der Waals surface area contributed by atoms with Crippen LogP contribution in [0.25, 0.3) is 0 Å². The molecule has 0 bridgehead atoms. The van der Waals surface area contributed by atoms with Crippen LogP contribution >= 0.6 is 0 Å². The zero-order valence-corrected chi connectivity index (χ0v) is 5.48. The smallest absolute Gasteiger partial charge is 0.130 e. The van der Waals surface area contributed by atoms with Gasteiger partial charge in [-0.2, -0.15) is 0 Å². The van der Waals surface area contributed by atoms with E-state index < -0.39 is 0 Å². The van der Waals surface area contributed by atoms with Gasteiger partial charge in [-0.15, -0.1) is 0 Å². The molecule has 0 radical (unpaired) electrons. The maximum Gasteiger partial charge on any atom is 0.130 e. The van der Waals surface area contributed by atoms with Crippen LogP contribution in [0.5, 0.6) is 0 Å². The second kappa shape index (κ2) is 1.88. The molecule has 0 aromatic heterocycles. The molecule has 0 aromatic rings. The van der Waals surface area contributed by atoms with E-state index in [2.05, 4.69) is 6.92 Å². The van der Waals surface area contributed by atoms with Crippen LogP contribution in [-0.2, 0) is 4.79 Å². The van der Waals surface area contributed by atoms with Gasteiger partial charge in [0.15, 0.2) is 0 Å². The molecule has 1 unspecified atom stereocenters. The summed E-state index contributed by atoms with van der Waals surface area (Å²) in [4.78, 5) is 10.4. The van der Waals surface area contributed by atoms with E-state index in [1.165, 1.54) is 6.42 Å². The minimum absolute atomic E-state index is 0.347. The second-order valence-corrected chi connectivity index (χ2v) is 2.88. The number of rotatable bonds is 2. The van der Waals surface area contributed by atoms with Gasteiger partial charge in [-0.05, 0) is 25.2 Å². The summed E-state index contributed by atoms with van der Waals surface area (Å²) < 4.78 is 0. The van der Waals surface area contributed by atoms with Crippen molar-refractivity contribution in [1.29, 1.82) is 0 Å². The van der Waals surface area contributed by atoms with Crippen molar-refractivity contribution in [3.8, 4) is 0 Å². The summed E-state index contributed by atoms with van der Waals surface area (Å²) in [6.45, 7) is 3.87. The van der Waals surface area contributed by atoms with E-state index in [0.29, 0.717) is 5.78 Å². The first-order chi connectivity index (χ1) is 3.70. The molecule has 0 amide bonds. The van der Waals surface area contributed by atoms with Crippen LogP contribution in [0.4, 0.5) is 0 Å². The Bertz CT molecular complexity index is 107. The predicted octanol–water partition coefficient (Wildman–Crippen LogP) is 1.62. The summed E-state index contributed by atoms with van der Waals surface area (Å²) in [5, 5.41) is 0. The van der Waals surface area contributed by atoms with Crippen molar-refractivity contribution >= 4 is 5.78 Å². The number of carbonyl (C=O) groups excluding carboxylic acids is 1. The zero-order chi connectivity index (χ0) is 6.15. The van der Waals surface area contributed by atoms with Crippen LogP contribution in [0.15, 0.2) is 0 Å². The molecular formula is C7H12O. The van der Waals surface area contributed by atoms with Crippen LogP contribution in [0.3, 0.4) is 0 Å². The van der Waals surface area contributed by atoms with Crippen molar-refractivity contribution in [3.63, 3.8) is 0 Å². The van der Waals surface area contributed by atoms with Crippen LogP contribution in [0.2, 0.25) is 0 Å². The topological polar surface area (TPSA) is 17.1 Å². The van der Waals surface area contributed by atoms with Gasteiger partial charge in [-0.25, -0.2) is 0 Å². The maximum atomic E-state index is 10.4. The monoisotopic (exact) mass is 112 g/mol. The molecule has 46 valence electrons. The number of hydrogen-bond acceptors (Lipinski definition) is 1. The average Bonchev–Trinajstić information content (AvgIpc) is 2.17. The molecule has 0 saturated heterocycles. The lowest BCUT2D eigenvalue weighted by molar-refractivity contribution is -0.117. The minimum Gasteiger partial charge on any atom is -0.300 e. The van der Waals surface area contributed by atoms with Crippen molar-refractivity contribution in [2.75, 3.05) is 0 Å². The van der Waals surface area contributed by atoms with Gasteiger partial charge < -0.3 is 4.79 Å². The molecule has 1 saturated carbocycles. The van der Waals surface area contributed by atoms with Crippen molar-refractivity contribution < 1.29 is 4.79 Å². The second-order valence-electron chi connectivity index (χ2n) is 2.88. The predicted molar refractivity (Wildman–Crippen MR) is 32.6 cm³/mol. The highest BCUT2D eigenvalue weighted by Gasteiger charge is 2.32. The number of hydrogen-bond donors (Lipinski definition) is 0. The highest BCUT2D eigenvalue weighted by Crippen LogP contribution is 2.40. The Kier molecular flexibility index (Phi) is 1.37. The molecule has 0 aromatic carbocycles. The molecule has 0 heterocycles. The summed E-state index contributed by atoms with van der Waals surface area (Å²) in [6, 6.07) is 0. The molecule has 0 aliphatic heterocycles. The lowest BCUT2D eigenvalue weighted by Crippen LogP contribution is -1.90. The molecule has 1 fully saturated rings. The number of carbonyl (C=O) groups is 1. The van der Waals surface area contributed by atoms with E-state index in [-0.39, 0.29) is 0 Å². The van der Waals surface area contributed by atoms with Crippen LogP contribution in [-0.4, -0.2) is 5.78 Å². The first kappa shape index (κ1) is 5.80. The molecule has 1 rings (SSSR count).